The molecule has 10 heteroatoms. The third-order valence-corrected chi connectivity index (χ3v) is 6.18. The first-order valence-corrected chi connectivity index (χ1v) is 12.3. The Balaban J connectivity index is 1.51. The fourth-order valence-corrected chi connectivity index (χ4v) is 4.13. The highest BCUT2D eigenvalue weighted by Crippen LogP contribution is 2.25. The molecule has 8 nitrogen and oxygen atoms in total. The van der Waals surface area contributed by atoms with Crippen molar-refractivity contribution < 1.29 is 9.50 Å². The van der Waals surface area contributed by atoms with Crippen LogP contribution in [0.25, 0.3) is 0 Å². The van der Waals surface area contributed by atoms with Crippen molar-refractivity contribution in [3.05, 3.63) is 58.9 Å². The molecule has 186 valence electrons. The Bertz CT molecular complexity index is 1120. The van der Waals surface area contributed by atoms with E-state index in [1.165, 1.54) is 6.07 Å². The van der Waals surface area contributed by atoms with Crippen LogP contribution in [0.15, 0.2) is 42.5 Å². The Labute approximate surface area is 210 Å². The van der Waals surface area contributed by atoms with E-state index in [0.717, 1.165) is 30.5 Å². The SMILES string of the molecule is Cc1ccc(Cl)cc1Nc1nc(NCCCCCO)nc(N2CCN(c3ccccc3F)CC2)n1. The number of nitrogens with zero attached hydrogens (tertiary/aromatic N) is 5. The van der Waals surface area contributed by atoms with Crippen LogP contribution in [0.3, 0.4) is 0 Å². The molecule has 1 aromatic heterocycles. The molecule has 3 aromatic rings. The quantitative estimate of drug-likeness (QED) is 0.348. The third kappa shape index (κ3) is 6.70. The lowest BCUT2D eigenvalue weighted by atomic mass is 10.2. The molecule has 0 bridgehead atoms. The molecule has 0 atom stereocenters. The highest BCUT2D eigenvalue weighted by molar-refractivity contribution is 6.30. The largest absolute Gasteiger partial charge is 0.396 e. The number of aliphatic hydroxyl groups is 1. The Morgan fingerprint density at radius 1 is 0.943 bits per heavy atom. The number of hydrogen-bond donors (Lipinski definition) is 3. The summed E-state index contributed by atoms with van der Waals surface area (Å²) in [5.74, 6) is 1.26. The summed E-state index contributed by atoms with van der Waals surface area (Å²) in [6.07, 6.45) is 2.60. The second-order valence-corrected chi connectivity index (χ2v) is 8.94. The van der Waals surface area contributed by atoms with Gasteiger partial charge in [0.25, 0.3) is 0 Å². The normalized spacial score (nSPS) is 13.7. The second kappa shape index (κ2) is 12.0. The molecule has 0 unspecified atom stereocenters. The summed E-state index contributed by atoms with van der Waals surface area (Å²) in [7, 11) is 0. The molecule has 1 aliphatic heterocycles. The molecular formula is C25H31ClFN7O. The van der Waals surface area contributed by atoms with Gasteiger partial charge in [-0.2, -0.15) is 15.0 Å². The fraction of sp³-hybridized carbons (Fsp3) is 0.400. The van der Waals surface area contributed by atoms with Crippen LogP contribution in [0.5, 0.6) is 0 Å². The number of anilines is 5. The minimum atomic E-state index is -0.211. The van der Waals surface area contributed by atoms with Gasteiger partial charge in [-0.3, -0.25) is 0 Å². The lowest BCUT2D eigenvalue weighted by molar-refractivity contribution is 0.283. The van der Waals surface area contributed by atoms with E-state index in [1.54, 1.807) is 6.07 Å². The lowest BCUT2D eigenvalue weighted by Crippen LogP contribution is -2.47. The number of aryl methyl sites for hydroxylation is 1. The molecule has 3 N–H and O–H groups in total. The predicted octanol–water partition coefficient (Wildman–Crippen LogP) is 4.62. The summed E-state index contributed by atoms with van der Waals surface area (Å²) in [6, 6.07) is 12.5. The van der Waals surface area contributed by atoms with E-state index in [2.05, 4.69) is 30.5 Å². The van der Waals surface area contributed by atoms with E-state index in [4.69, 9.17) is 16.7 Å². The van der Waals surface area contributed by atoms with Gasteiger partial charge in [0.2, 0.25) is 17.8 Å². The third-order valence-electron chi connectivity index (χ3n) is 5.94. The maximum Gasteiger partial charge on any atom is 0.233 e. The standard InChI is InChI=1S/C25H31ClFN7O/c1-18-9-10-19(26)17-21(18)29-24-30-23(28-11-5-2-6-16-35)31-25(32-24)34-14-12-33(13-15-34)22-8-4-3-7-20(22)27/h3-4,7-10,17,35H,2,5-6,11-16H2,1H3,(H2,28,29,30,31,32). The number of hydrogen-bond acceptors (Lipinski definition) is 8. The summed E-state index contributed by atoms with van der Waals surface area (Å²) >= 11 is 6.19. The van der Waals surface area contributed by atoms with Gasteiger partial charge in [0.05, 0.1) is 5.69 Å². The van der Waals surface area contributed by atoms with Gasteiger partial charge in [0.1, 0.15) is 5.82 Å². The zero-order chi connectivity index (χ0) is 24.6. The van der Waals surface area contributed by atoms with Crippen LogP contribution in [0.4, 0.5) is 33.6 Å². The maximum absolute atomic E-state index is 14.2. The number of para-hydroxylation sites is 1. The number of unbranched alkanes of at least 4 members (excludes halogenated alkanes) is 2. The molecule has 0 aliphatic carbocycles. The first-order chi connectivity index (χ1) is 17.0. The van der Waals surface area contributed by atoms with Gasteiger partial charge < -0.3 is 25.5 Å². The average molecular weight is 500 g/mol. The van der Waals surface area contributed by atoms with E-state index in [1.807, 2.05) is 42.2 Å². The molecule has 0 amide bonds. The molecule has 4 rings (SSSR count). The number of halogens is 2. The van der Waals surface area contributed by atoms with Crippen molar-refractivity contribution in [3.63, 3.8) is 0 Å². The molecule has 1 aliphatic rings. The highest BCUT2D eigenvalue weighted by Gasteiger charge is 2.22. The zero-order valence-electron chi connectivity index (χ0n) is 19.8. The van der Waals surface area contributed by atoms with Crippen LogP contribution in [0.2, 0.25) is 5.02 Å². The first-order valence-electron chi connectivity index (χ1n) is 11.9. The molecule has 0 radical (unpaired) electrons. The average Bonchev–Trinajstić information content (AvgIpc) is 2.86. The van der Waals surface area contributed by atoms with Crippen LogP contribution < -0.4 is 20.4 Å². The van der Waals surface area contributed by atoms with Crippen molar-refractivity contribution in [1.82, 2.24) is 15.0 Å². The minimum absolute atomic E-state index is 0.196. The van der Waals surface area contributed by atoms with Crippen molar-refractivity contribution in [3.8, 4) is 0 Å². The summed E-state index contributed by atoms with van der Waals surface area (Å²) in [6.45, 7) is 5.51. The number of rotatable bonds is 10. The number of benzene rings is 2. The number of nitrogens with one attached hydrogen (secondary N) is 2. The van der Waals surface area contributed by atoms with Gasteiger partial charge in [0, 0.05) is 50.0 Å². The van der Waals surface area contributed by atoms with Gasteiger partial charge >= 0.3 is 0 Å². The van der Waals surface area contributed by atoms with E-state index in [9.17, 15) is 4.39 Å². The molecule has 2 aromatic carbocycles. The smallest absolute Gasteiger partial charge is 0.233 e. The number of aromatic nitrogens is 3. The van der Waals surface area contributed by atoms with E-state index in [0.29, 0.717) is 61.3 Å². The maximum atomic E-state index is 14.2. The monoisotopic (exact) mass is 499 g/mol. The zero-order valence-corrected chi connectivity index (χ0v) is 20.6. The number of piperazine rings is 1. The van der Waals surface area contributed by atoms with Crippen molar-refractivity contribution >= 4 is 40.8 Å². The fourth-order valence-electron chi connectivity index (χ4n) is 3.96. The molecule has 35 heavy (non-hydrogen) atoms. The van der Waals surface area contributed by atoms with Crippen molar-refractivity contribution in [2.75, 3.05) is 59.8 Å². The Kier molecular flexibility index (Phi) is 8.54. The Hall–Kier alpha value is -3.17. The molecule has 1 fully saturated rings. The van der Waals surface area contributed by atoms with E-state index in [-0.39, 0.29) is 12.4 Å². The van der Waals surface area contributed by atoms with Crippen LogP contribution in [0, 0.1) is 12.7 Å². The Morgan fingerprint density at radius 3 is 2.46 bits per heavy atom. The molecular weight excluding hydrogens is 469 g/mol. The predicted molar refractivity (Wildman–Crippen MR) is 140 cm³/mol. The summed E-state index contributed by atoms with van der Waals surface area (Å²) in [4.78, 5) is 18.0. The topological polar surface area (TPSA) is 89.4 Å². The number of aliphatic hydroxyl groups excluding tert-OH is 1. The van der Waals surface area contributed by atoms with Crippen LogP contribution in [0.1, 0.15) is 24.8 Å². The van der Waals surface area contributed by atoms with Gasteiger partial charge in [-0.1, -0.05) is 29.8 Å². The van der Waals surface area contributed by atoms with Crippen molar-refractivity contribution in [2.24, 2.45) is 0 Å². The molecule has 0 saturated carbocycles. The van der Waals surface area contributed by atoms with Crippen LogP contribution >= 0.6 is 11.6 Å². The minimum Gasteiger partial charge on any atom is -0.396 e. The first kappa shape index (κ1) is 24.9. The summed E-state index contributed by atoms with van der Waals surface area (Å²) < 4.78 is 14.2. The molecule has 1 saturated heterocycles. The second-order valence-electron chi connectivity index (χ2n) is 8.50. The van der Waals surface area contributed by atoms with Gasteiger partial charge in [-0.25, -0.2) is 4.39 Å². The van der Waals surface area contributed by atoms with Crippen LogP contribution in [-0.4, -0.2) is 59.4 Å². The van der Waals surface area contributed by atoms with Gasteiger partial charge in [0.15, 0.2) is 0 Å². The lowest BCUT2D eigenvalue weighted by Gasteiger charge is -2.36. The summed E-state index contributed by atoms with van der Waals surface area (Å²) in [5.41, 5.74) is 2.47. The van der Waals surface area contributed by atoms with Gasteiger partial charge in [-0.15, -0.1) is 0 Å². The molecule has 0 spiro atoms. The summed E-state index contributed by atoms with van der Waals surface area (Å²) in [5, 5.41) is 16.2. The van der Waals surface area contributed by atoms with Crippen molar-refractivity contribution in [2.45, 2.75) is 26.2 Å². The highest BCUT2D eigenvalue weighted by atomic mass is 35.5. The van der Waals surface area contributed by atoms with Gasteiger partial charge in [-0.05, 0) is 56.0 Å². The van der Waals surface area contributed by atoms with Crippen LogP contribution in [-0.2, 0) is 0 Å². The van der Waals surface area contributed by atoms with E-state index < -0.39 is 0 Å². The Morgan fingerprint density at radius 2 is 1.69 bits per heavy atom. The van der Waals surface area contributed by atoms with E-state index >= 15 is 0 Å². The molecule has 2 heterocycles. The van der Waals surface area contributed by atoms with Crippen molar-refractivity contribution in [1.29, 1.82) is 0 Å².